The fraction of sp³-hybridized carbons (Fsp3) is 0.308. The summed E-state index contributed by atoms with van der Waals surface area (Å²) in [4.78, 5) is 13.5. The highest BCUT2D eigenvalue weighted by molar-refractivity contribution is 5.92. The summed E-state index contributed by atoms with van der Waals surface area (Å²) in [6, 6.07) is 9.33. The highest BCUT2D eigenvalue weighted by Crippen LogP contribution is 2.14. The molecule has 0 bridgehead atoms. The number of carbonyl (C=O) groups excluding carboxylic acids is 1. The Morgan fingerprint density at radius 1 is 1.15 bits per heavy atom. The van der Waals surface area contributed by atoms with Crippen molar-refractivity contribution >= 4 is 5.91 Å². The molecule has 0 spiro atoms. The maximum absolute atomic E-state index is 12.2. The Morgan fingerprint density at radius 2 is 1.80 bits per heavy atom. The summed E-state index contributed by atoms with van der Waals surface area (Å²) in [7, 11) is 0. The molecule has 2 aromatic rings. The third-order valence-electron chi connectivity index (χ3n) is 3.28. The minimum atomic E-state index is -0.900. The van der Waals surface area contributed by atoms with E-state index in [9.17, 15) is 15.0 Å². The van der Waals surface area contributed by atoms with E-state index in [0.717, 1.165) is 5.69 Å². The summed E-state index contributed by atoms with van der Waals surface area (Å²) >= 11 is 0. The SMILES string of the molecule is O=C(c1cn(-c2ccccc2)nn1)N1CC(O)C(O)C1. The molecule has 0 saturated carbocycles. The molecule has 104 valence electrons. The van der Waals surface area contributed by atoms with Gasteiger partial charge in [-0.05, 0) is 12.1 Å². The van der Waals surface area contributed by atoms with Crippen molar-refractivity contribution in [1.82, 2.24) is 19.9 Å². The Bertz CT molecular complexity index is 603. The van der Waals surface area contributed by atoms with E-state index in [4.69, 9.17) is 0 Å². The van der Waals surface area contributed by atoms with Gasteiger partial charge in [0.1, 0.15) is 0 Å². The number of aliphatic hydroxyl groups is 2. The van der Waals surface area contributed by atoms with Crippen LogP contribution in [0.4, 0.5) is 0 Å². The summed E-state index contributed by atoms with van der Waals surface area (Å²) in [5.74, 6) is -0.345. The topological polar surface area (TPSA) is 91.5 Å². The lowest BCUT2D eigenvalue weighted by atomic mass is 10.3. The van der Waals surface area contributed by atoms with Crippen LogP contribution >= 0.6 is 0 Å². The number of para-hydroxylation sites is 1. The number of hydrogen-bond acceptors (Lipinski definition) is 5. The summed E-state index contributed by atoms with van der Waals surface area (Å²) < 4.78 is 1.51. The monoisotopic (exact) mass is 274 g/mol. The van der Waals surface area contributed by atoms with Crippen molar-refractivity contribution in [2.24, 2.45) is 0 Å². The summed E-state index contributed by atoms with van der Waals surface area (Å²) in [6.45, 7) is 0.219. The van der Waals surface area contributed by atoms with Crippen LogP contribution in [0.15, 0.2) is 36.5 Å². The van der Waals surface area contributed by atoms with Gasteiger partial charge in [-0.15, -0.1) is 5.10 Å². The predicted octanol–water partition coefficient (Wildman–Crippen LogP) is -0.555. The first-order chi connectivity index (χ1) is 9.65. The zero-order chi connectivity index (χ0) is 14.1. The lowest BCUT2D eigenvalue weighted by molar-refractivity contribution is 0.0572. The van der Waals surface area contributed by atoms with Gasteiger partial charge in [-0.1, -0.05) is 23.4 Å². The number of amides is 1. The lowest BCUT2D eigenvalue weighted by Gasteiger charge is -2.12. The minimum absolute atomic E-state index is 0.109. The summed E-state index contributed by atoms with van der Waals surface area (Å²) in [5.41, 5.74) is 0.996. The van der Waals surface area contributed by atoms with E-state index in [-0.39, 0.29) is 24.7 Å². The Hall–Kier alpha value is -2.25. The van der Waals surface area contributed by atoms with Crippen molar-refractivity contribution in [3.05, 3.63) is 42.2 Å². The number of likely N-dealkylation sites (tertiary alicyclic amines) is 1. The molecule has 2 N–H and O–H groups in total. The number of benzene rings is 1. The Balaban J connectivity index is 1.79. The molecule has 1 amide bonds. The highest BCUT2D eigenvalue weighted by Gasteiger charge is 2.33. The summed E-state index contributed by atoms with van der Waals surface area (Å²) in [5, 5.41) is 26.7. The molecule has 1 saturated heterocycles. The molecule has 1 aliphatic rings. The van der Waals surface area contributed by atoms with E-state index >= 15 is 0 Å². The standard InChI is InChI=1S/C13H14N4O3/c18-11-7-16(8-12(11)19)13(20)10-6-17(15-14-10)9-4-2-1-3-5-9/h1-6,11-12,18-19H,7-8H2. The van der Waals surface area contributed by atoms with Gasteiger partial charge in [-0.3, -0.25) is 4.79 Å². The molecular weight excluding hydrogens is 260 g/mol. The highest BCUT2D eigenvalue weighted by atomic mass is 16.3. The van der Waals surface area contributed by atoms with Gasteiger partial charge >= 0.3 is 0 Å². The van der Waals surface area contributed by atoms with Crippen molar-refractivity contribution in [3.63, 3.8) is 0 Å². The van der Waals surface area contributed by atoms with E-state index in [1.54, 1.807) is 0 Å². The number of nitrogens with zero attached hydrogens (tertiary/aromatic N) is 4. The van der Waals surface area contributed by atoms with Crippen LogP contribution in [0, 0.1) is 0 Å². The van der Waals surface area contributed by atoms with Crippen LogP contribution in [0.25, 0.3) is 5.69 Å². The Morgan fingerprint density at radius 3 is 2.45 bits per heavy atom. The lowest BCUT2D eigenvalue weighted by Crippen LogP contribution is -2.30. The van der Waals surface area contributed by atoms with Gasteiger partial charge < -0.3 is 15.1 Å². The van der Waals surface area contributed by atoms with Gasteiger partial charge in [0.25, 0.3) is 5.91 Å². The Kier molecular flexibility index (Phi) is 3.21. The molecule has 2 heterocycles. The van der Waals surface area contributed by atoms with Gasteiger partial charge in [0, 0.05) is 13.1 Å². The zero-order valence-electron chi connectivity index (χ0n) is 10.6. The minimum Gasteiger partial charge on any atom is -0.388 e. The quantitative estimate of drug-likeness (QED) is 0.766. The van der Waals surface area contributed by atoms with Crippen molar-refractivity contribution < 1.29 is 15.0 Å². The van der Waals surface area contributed by atoms with Gasteiger partial charge in [0.2, 0.25) is 0 Å². The molecule has 1 aromatic carbocycles. The van der Waals surface area contributed by atoms with Gasteiger partial charge in [0.05, 0.1) is 24.1 Å². The van der Waals surface area contributed by atoms with E-state index in [2.05, 4.69) is 10.3 Å². The maximum Gasteiger partial charge on any atom is 0.276 e. The number of aromatic nitrogens is 3. The van der Waals surface area contributed by atoms with Crippen LogP contribution in [-0.2, 0) is 0 Å². The first-order valence-corrected chi connectivity index (χ1v) is 6.28. The van der Waals surface area contributed by atoms with E-state index in [1.807, 2.05) is 30.3 Å². The molecule has 20 heavy (non-hydrogen) atoms. The van der Waals surface area contributed by atoms with Gasteiger partial charge in [-0.2, -0.15) is 0 Å². The molecule has 3 rings (SSSR count). The first-order valence-electron chi connectivity index (χ1n) is 6.28. The predicted molar refractivity (Wildman–Crippen MR) is 69.3 cm³/mol. The van der Waals surface area contributed by atoms with Gasteiger partial charge in [0.15, 0.2) is 5.69 Å². The molecule has 2 unspecified atom stereocenters. The molecule has 0 radical (unpaired) electrons. The van der Waals surface area contributed by atoms with Crippen LogP contribution in [-0.4, -0.2) is 61.3 Å². The number of rotatable bonds is 2. The smallest absolute Gasteiger partial charge is 0.276 e. The second-order valence-corrected chi connectivity index (χ2v) is 4.73. The molecule has 7 nitrogen and oxygen atoms in total. The van der Waals surface area contributed by atoms with Crippen molar-refractivity contribution in [2.45, 2.75) is 12.2 Å². The normalized spacial score (nSPS) is 22.2. The number of aliphatic hydroxyl groups excluding tert-OH is 2. The molecule has 1 aromatic heterocycles. The van der Waals surface area contributed by atoms with Crippen molar-refractivity contribution in [3.8, 4) is 5.69 Å². The second-order valence-electron chi connectivity index (χ2n) is 4.73. The molecular formula is C13H14N4O3. The van der Waals surface area contributed by atoms with Gasteiger partial charge in [-0.25, -0.2) is 4.68 Å². The third-order valence-corrected chi connectivity index (χ3v) is 3.28. The number of carbonyl (C=O) groups is 1. The van der Waals surface area contributed by atoms with Crippen LogP contribution in [0.2, 0.25) is 0 Å². The van der Waals surface area contributed by atoms with E-state index in [0.29, 0.717) is 0 Å². The van der Waals surface area contributed by atoms with Crippen molar-refractivity contribution in [2.75, 3.05) is 13.1 Å². The van der Waals surface area contributed by atoms with Crippen LogP contribution in [0.1, 0.15) is 10.5 Å². The Labute approximate surface area is 115 Å². The van der Waals surface area contributed by atoms with Crippen LogP contribution < -0.4 is 0 Å². The molecule has 0 aliphatic carbocycles. The fourth-order valence-corrected chi connectivity index (χ4v) is 2.17. The summed E-state index contributed by atoms with van der Waals surface area (Å²) in [6.07, 6.45) is -0.263. The largest absolute Gasteiger partial charge is 0.388 e. The van der Waals surface area contributed by atoms with Crippen LogP contribution in [0.5, 0.6) is 0 Å². The zero-order valence-corrected chi connectivity index (χ0v) is 10.6. The third kappa shape index (κ3) is 2.28. The van der Waals surface area contributed by atoms with Crippen LogP contribution in [0.3, 0.4) is 0 Å². The molecule has 1 fully saturated rings. The first kappa shape index (κ1) is 12.8. The second kappa shape index (κ2) is 5.03. The molecule has 1 aliphatic heterocycles. The van der Waals surface area contributed by atoms with Crippen molar-refractivity contribution in [1.29, 1.82) is 0 Å². The fourth-order valence-electron chi connectivity index (χ4n) is 2.17. The van der Waals surface area contributed by atoms with E-state index < -0.39 is 12.2 Å². The average Bonchev–Trinajstić information content (AvgIpc) is 3.07. The molecule has 7 heteroatoms. The number of β-amino-alcohol motifs (C(OH)–C–C–N with tert-alkyl or cyclic N) is 2. The maximum atomic E-state index is 12.2. The molecule has 2 atom stereocenters. The van der Waals surface area contributed by atoms with E-state index in [1.165, 1.54) is 15.8 Å². The average molecular weight is 274 g/mol. The number of hydrogen-bond donors (Lipinski definition) is 2.